The molecule has 1 heterocycles. The van der Waals surface area contributed by atoms with Crippen LogP contribution in [0.5, 0.6) is 0 Å². The van der Waals surface area contributed by atoms with Crippen molar-refractivity contribution >= 4 is 5.82 Å². The quantitative estimate of drug-likeness (QED) is 0.821. The first-order valence-electron chi connectivity index (χ1n) is 4.08. The van der Waals surface area contributed by atoms with Crippen LogP contribution in [0.15, 0.2) is 12.1 Å². The van der Waals surface area contributed by atoms with Crippen molar-refractivity contribution in [3.63, 3.8) is 0 Å². The number of alkyl halides is 3. The first-order valence-corrected chi connectivity index (χ1v) is 4.08. The minimum absolute atomic E-state index is 0.179. The smallest absolute Gasteiger partial charge is 0.368 e. The topological polar surface area (TPSA) is 37.8 Å². The maximum atomic E-state index is 11.7. The van der Waals surface area contributed by atoms with Gasteiger partial charge in [0.1, 0.15) is 5.82 Å². The van der Waals surface area contributed by atoms with Gasteiger partial charge >= 0.3 is 6.18 Å². The molecule has 0 saturated heterocycles. The highest BCUT2D eigenvalue weighted by molar-refractivity contribution is 5.32. The Balaban J connectivity index is 2.35. The van der Waals surface area contributed by atoms with Crippen molar-refractivity contribution in [3.05, 3.63) is 17.8 Å². The molecule has 78 valence electrons. The summed E-state index contributed by atoms with van der Waals surface area (Å²) in [5.74, 6) is 0.361. The molecule has 1 rings (SSSR count). The molecule has 1 aromatic heterocycles. The van der Waals surface area contributed by atoms with Gasteiger partial charge in [0.2, 0.25) is 0 Å². The van der Waals surface area contributed by atoms with Gasteiger partial charge in [0.05, 0.1) is 12.1 Å². The second-order valence-electron chi connectivity index (χ2n) is 2.85. The molecule has 0 amide bonds. The monoisotopic (exact) mass is 205 g/mol. The van der Waals surface area contributed by atoms with Crippen molar-refractivity contribution in [2.75, 3.05) is 11.9 Å². The standard InChI is InChI=1S/C8H10F3N3/c1-6-2-3-7(14-13-6)12-5-4-8(9,10)11/h2-3H,4-5H2,1H3,(H,12,14). The van der Waals surface area contributed by atoms with Crippen LogP contribution in [0.4, 0.5) is 19.0 Å². The number of nitrogens with one attached hydrogen (secondary N) is 1. The molecule has 0 spiro atoms. The number of anilines is 1. The number of nitrogens with zero attached hydrogens (tertiary/aromatic N) is 2. The molecule has 0 radical (unpaired) electrons. The number of hydrogen-bond donors (Lipinski definition) is 1. The van der Waals surface area contributed by atoms with Crippen LogP contribution in [0.1, 0.15) is 12.1 Å². The fraction of sp³-hybridized carbons (Fsp3) is 0.500. The van der Waals surface area contributed by atoms with E-state index < -0.39 is 12.6 Å². The second kappa shape index (κ2) is 4.26. The van der Waals surface area contributed by atoms with E-state index >= 15 is 0 Å². The van der Waals surface area contributed by atoms with Gasteiger partial charge in [0, 0.05) is 6.54 Å². The molecule has 6 heteroatoms. The predicted octanol–water partition coefficient (Wildman–Crippen LogP) is 2.15. The predicted molar refractivity (Wildman–Crippen MR) is 45.9 cm³/mol. The maximum absolute atomic E-state index is 11.7. The third-order valence-electron chi connectivity index (χ3n) is 1.51. The Morgan fingerprint density at radius 1 is 1.29 bits per heavy atom. The summed E-state index contributed by atoms with van der Waals surface area (Å²) < 4.78 is 35.2. The van der Waals surface area contributed by atoms with Crippen molar-refractivity contribution in [1.82, 2.24) is 10.2 Å². The number of hydrogen-bond acceptors (Lipinski definition) is 3. The van der Waals surface area contributed by atoms with E-state index in [1.54, 1.807) is 19.1 Å². The van der Waals surface area contributed by atoms with Crippen molar-refractivity contribution in [2.24, 2.45) is 0 Å². The van der Waals surface area contributed by atoms with Crippen LogP contribution in [0.25, 0.3) is 0 Å². The van der Waals surface area contributed by atoms with Crippen molar-refractivity contribution in [3.8, 4) is 0 Å². The number of aryl methyl sites for hydroxylation is 1. The highest BCUT2D eigenvalue weighted by atomic mass is 19.4. The van der Waals surface area contributed by atoms with Gasteiger partial charge in [-0.15, -0.1) is 5.10 Å². The molecule has 0 aliphatic rings. The van der Waals surface area contributed by atoms with E-state index in [0.717, 1.165) is 5.69 Å². The van der Waals surface area contributed by atoms with E-state index in [4.69, 9.17) is 0 Å². The van der Waals surface area contributed by atoms with Gasteiger partial charge in [-0.05, 0) is 19.1 Å². The van der Waals surface area contributed by atoms with Gasteiger partial charge in [0.25, 0.3) is 0 Å². The minimum atomic E-state index is -4.13. The molecule has 0 fully saturated rings. The molecule has 0 saturated carbocycles. The van der Waals surface area contributed by atoms with Crippen LogP contribution < -0.4 is 5.32 Å². The molecule has 14 heavy (non-hydrogen) atoms. The largest absolute Gasteiger partial charge is 0.390 e. The molecule has 0 aliphatic carbocycles. The molecule has 0 unspecified atom stereocenters. The van der Waals surface area contributed by atoms with Gasteiger partial charge in [0.15, 0.2) is 0 Å². The molecule has 3 nitrogen and oxygen atoms in total. The Morgan fingerprint density at radius 3 is 2.50 bits per heavy atom. The average Bonchev–Trinajstić information content (AvgIpc) is 2.06. The van der Waals surface area contributed by atoms with E-state index in [1.165, 1.54) is 0 Å². The molecule has 1 N–H and O–H groups in total. The fourth-order valence-corrected chi connectivity index (χ4v) is 0.826. The molecule has 0 aromatic carbocycles. The fourth-order valence-electron chi connectivity index (χ4n) is 0.826. The lowest BCUT2D eigenvalue weighted by molar-refractivity contribution is -0.131. The number of aromatic nitrogens is 2. The maximum Gasteiger partial charge on any atom is 0.390 e. The normalized spacial score (nSPS) is 11.4. The summed E-state index contributed by atoms with van der Waals surface area (Å²) in [6, 6.07) is 3.28. The molecule has 0 aliphatic heterocycles. The van der Waals surface area contributed by atoms with Crippen molar-refractivity contribution < 1.29 is 13.2 Å². The van der Waals surface area contributed by atoms with Gasteiger partial charge < -0.3 is 5.32 Å². The Kier molecular flexibility index (Phi) is 3.27. The van der Waals surface area contributed by atoms with Crippen LogP contribution in [0.3, 0.4) is 0 Å². The summed E-state index contributed by atoms with van der Waals surface area (Å²) in [6.45, 7) is 1.58. The number of rotatable bonds is 3. The van der Waals surface area contributed by atoms with Crippen LogP contribution in [-0.2, 0) is 0 Å². The van der Waals surface area contributed by atoms with Gasteiger partial charge in [-0.1, -0.05) is 0 Å². The molecular formula is C8H10F3N3. The van der Waals surface area contributed by atoms with E-state index in [2.05, 4.69) is 15.5 Å². The zero-order valence-corrected chi connectivity index (χ0v) is 7.60. The third kappa shape index (κ3) is 4.06. The van der Waals surface area contributed by atoms with E-state index in [-0.39, 0.29) is 6.54 Å². The second-order valence-corrected chi connectivity index (χ2v) is 2.85. The lowest BCUT2D eigenvalue weighted by Gasteiger charge is -2.07. The average molecular weight is 205 g/mol. The first kappa shape index (κ1) is 10.7. The summed E-state index contributed by atoms with van der Waals surface area (Å²) in [7, 11) is 0. The lowest BCUT2D eigenvalue weighted by Crippen LogP contribution is -2.15. The van der Waals surface area contributed by atoms with E-state index in [9.17, 15) is 13.2 Å². The van der Waals surface area contributed by atoms with Crippen LogP contribution in [0, 0.1) is 6.92 Å². The Bertz CT molecular complexity index is 281. The highest BCUT2D eigenvalue weighted by Crippen LogP contribution is 2.18. The van der Waals surface area contributed by atoms with Gasteiger partial charge in [-0.3, -0.25) is 0 Å². The Morgan fingerprint density at radius 2 is 2.00 bits per heavy atom. The summed E-state index contributed by atoms with van der Waals surface area (Å²) >= 11 is 0. The Hall–Kier alpha value is -1.33. The van der Waals surface area contributed by atoms with Gasteiger partial charge in [-0.2, -0.15) is 18.3 Å². The zero-order valence-electron chi connectivity index (χ0n) is 7.60. The minimum Gasteiger partial charge on any atom is -0.368 e. The summed E-state index contributed by atoms with van der Waals surface area (Å²) in [5, 5.41) is 9.90. The summed E-state index contributed by atoms with van der Waals surface area (Å²) in [5.41, 5.74) is 0.728. The van der Waals surface area contributed by atoms with E-state index in [1.807, 2.05) is 0 Å². The highest BCUT2D eigenvalue weighted by Gasteiger charge is 2.26. The van der Waals surface area contributed by atoms with Crippen molar-refractivity contribution in [1.29, 1.82) is 0 Å². The summed E-state index contributed by atoms with van der Waals surface area (Å²) in [4.78, 5) is 0. The van der Waals surface area contributed by atoms with Gasteiger partial charge in [-0.25, -0.2) is 0 Å². The summed E-state index contributed by atoms with van der Waals surface area (Å²) in [6.07, 6.45) is -5.01. The van der Waals surface area contributed by atoms with Crippen LogP contribution >= 0.6 is 0 Å². The van der Waals surface area contributed by atoms with Crippen LogP contribution in [-0.4, -0.2) is 22.9 Å². The first-order chi connectivity index (χ1) is 6.47. The molecular weight excluding hydrogens is 195 g/mol. The molecule has 0 bridgehead atoms. The number of halogens is 3. The van der Waals surface area contributed by atoms with Crippen molar-refractivity contribution in [2.45, 2.75) is 19.5 Å². The SMILES string of the molecule is Cc1ccc(NCCC(F)(F)F)nn1. The lowest BCUT2D eigenvalue weighted by atomic mass is 10.4. The molecule has 0 atom stereocenters. The zero-order chi connectivity index (χ0) is 10.6. The third-order valence-corrected chi connectivity index (χ3v) is 1.51. The van der Waals surface area contributed by atoms with E-state index in [0.29, 0.717) is 5.82 Å². The molecule has 1 aromatic rings. The Labute approximate surface area is 79.3 Å². The van der Waals surface area contributed by atoms with Crippen LogP contribution in [0.2, 0.25) is 0 Å².